The zero-order chi connectivity index (χ0) is 16.3. The highest BCUT2D eigenvalue weighted by atomic mass is 16.5. The van der Waals surface area contributed by atoms with Crippen molar-refractivity contribution >= 4 is 5.96 Å². The lowest BCUT2D eigenvalue weighted by Gasteiger charge is -2.36. The summed E-state index contributed by atoms with van der Waals surface area (Å²) in [7, 11) is 0. The molecule has 23 heavy (non-hydrogen) atoms. The second-order valence-corrected chi connectivity index (χ2v) is 6.05. The van der Waals surface area contributed by atoms with Crippen molar-refractivity contribution in [3.63, 3.8) is 0 Å². The molecule has 2 heterocycles. The van der Waals surface area contributed by atoms with Gasteiger partial charge in [-0.05, 0) is 13.3 Å². The molecule has 0 amide bonds. The summed E-state index contributed by atoms with van der Waals surface area (Å²) in [5.41, 5.74) is 1.01. The molecule has 0 aromatic carbocycles. The largest absolute Gasteiger partial charge is 0.364 e. The fourth-order valence-electron chi connectivity index (χ4n) is 2.82. The second kappa shape index (κ2) is 10.3. The van der Waals surface area contributed by atoms with Gasteiger partial charge in [-0.3, -0.25) is 9.89 Å². The summed E-state index contributed by atoms with van der Waals surface area (Å²) in [6.07, 6.45) is 6.70. The van der Waals surface area contributed by atoms with Gasteiger partial charge in [0, 0.05) is 51.9 Å². The molecule has 1 aliphatic heterocycles. The van der Waals surface area contributed by atoms with Gasteiger partial charge < -0.3 is 14.7 Å². The maximum absolute atomic E-state index is 4.90. The molecule has 0 saturated carbocycles. The van der Waals surface area contributed by atoms with E-state index in [2.05, 4.69) is 34.1 Å². The Labute approximate surface area is 139 Å². The van der Waals surface area contributed by atoms with E-state index in [1.807, 2.05) is 6.07 Å². The first-order valence-corrected chi connectivity index (χ1v) is 8.98. The quantitative estimate of drug-likeness (QED) is 0.452. The third-order valence-corrected chi connectivity index (χ3v) is 4.16. The van der Waals surface area contributed by atoms with Crippen LogP contribution in [-0.4, -0.2) is 60.2 Å². The van der Waals surface area contributed by atoms with Crippen molar-refractivity contribution in [2.24, 2.45) is 4.99 Å². The third-order valence-electron chi connectivity index (χ3n) is 4.16. The van der Waals surface area contributed by atoms with Gasteiger partial charge in [0.05, 0.1) is 5.69 Å². The van der Waals surface area contributed by atoms with Gasteiger partial charge in [-0.15, -0.1) is 0 Å². The molecular weight excluding hydrogens is 290 g/mol. The minimum Gasteiger partial charge on any atom is -0.364 e. The normalized spacial score (nSPS) is 16.8. The van der Waals surface area contributed by atoms with E-state index >= 15 is 0 Å². The number of hydrogen-bond donors (Lipinski definition) is 1. The lowest BCUT2D eigenvalue weighted by molar-refractivity contribution is 0.169. The van der Waals surface area contributed by atoms with Gasteiger partial charge in [-0.25, -0.2) is 0 Å². The molecule has 0 spiro atoms. The molecule has 1 fully saturated rings. The number of rotatable bonds is 8. The molecular formula is C17H31N5O. The molecule has 2 rings (SSSR count). The number of unbranched alkanes of at least 4 members (excludes halogenated alkanes) is 3. The highest BCUT2D eigenvalue weighted by Crippen LogP contribution is 2.07. The Bertz CT molecular complexity index is 438. The number of guanidine groups is 1. The van der Waals surface area contributed by atoms with Gasteiger partial charge >= 0.3 is 0 Å². The van der Waals surface area contributed by atoms with Gasteiger partial charge in [0.1, 0.15) is 6.26 Å². The molecule has 0 aliphatic carbocycles. The van der Waals surface area contributed by atoms with Gasteiger partial charge in [0.2, 0.25) is 0 Å². The first-order chi connectivity index (χ1) is 11.3. The van der Waals surface area contributed by atoms with Crippen LogP contribution in [-0.2, 0) is 6.54 Å². The van der Waals surface area contributed by atoms with Crippen LogP contribution in [0.1, 0.15) is 45.2 Å². The number of nitrogens with zero attached hydrogens (tertiary/aromatic N) is 4. The van der Waals surface area contributed by atoms with Gasteiger partial charge in [-0.2, -0.15) is 0 Å². The minimum absolute atomic E-state index is 0.870. The van der Waals surface area contributed by atoms with E-state index in [-0.39, 0.29) is 0 Å². The van der Waals surface area contributed by atoms with E-state index in [0.29, 0.717) is 0 Å². The summed E-state index contributed by atoms with van der Waals surface area (Å²) in [5.74, 6) is 1.07. The fourth-order valence-corrected chi connectivity index (χ4v) is 2.82. The van der Waals surface area contributed by atoms with Crippen LogP contribution in [0.4, 0.5) is 0 Å². The molecule has 0 unspecified atom stereocenters. The molecule has 1 aliphatic rings. The van der Waals surface area contributed by atoms with E-state index in [1.165, 1.54) is 25.7 Å². The topological polar surface area (TPSA) is 56.9 Å². The van der Waals surface area contributed by atoms with Crippen molar-refractivity contribution in [3.05, 3.63) is 18.0 Å². The average Bonchev–Trinajstić information content (AvgIpc) is 3.07. The Kier molecular flexibility index (Phi) is 7.93. The fraction of sp³-hybridized carbons (Fsp3) is 0.765. The van der Waals surface area contributed by atoms with Crippen LogP contribution in [0.5, 0.6) is 0 Å². The third kappa shape index (κ3) is 6.22. The van der Waals surface area contributed by atoms with Crippen molar-refractivity contribution in [3.8, 4) is 0 Å². The van der Waals surface area contributed by atoms with Crippen molar-refractivity contribution in [2.45, 2.75) is 46.1 Å². The molecule has 1 N–H and O–H groups in total. The van der Waals surface area contributed by atoms with Crippen LogP contribution in [0.25, 0.3) is 0 Å². The van der Waals surface area contributed by atoms with Gasteiger partial charge in [-0.1, -0.05) is 31.3 Å². The van der Waals surface area contributed by atoms with E-state index in [4.69, 9.17) is 9.52 Å². The summed E-state index contributed by atoms with van der Waals surface area (Å²) in [6, 6.07) is 1.94. The molecule has 130 valence electrons. The van der Waals surface area contributed by atoms with E-state index in [9.17, 15) is 0 Å². The molecule has 1 aromatic rings. The van der Waals surface area contributed by atoms with Crippen molar-refractivity contribution in [1.29, 1.82) is 0 Å². The number of aliphatic imine (C=N–C) groups is 1. The monoisotopic (exact) mass is 321 g/mol. The highest BCUT2D eigenvalue weighted by molar-refractivity contribution is 5.80. The van der Waals surface area contributed by atoms with Crippen LogP contribution >= 0.6 is 0 Å². The van der Waals surface area contributed by atoms with E-state index in [0.717, 1.165) is 57.5 Å². The predicted octanol–water partition coefficient (Wildman–Crippen LogP) is 2.34. The highest BCUT2D eigenvalue weighted by Gasteiger charge is 2.20. The Morgan fingerprint density at radius 1 is 1.22 bits per heavy atom. The summed E-state index contributed by atoms with van der Waals surface area (Å²) in [4.78, 5) is 9.59. The number of hydrogen-bond acceptors (Lipinski definition) is 4. The number of piperazine rings is 1. The molecule has 1 aromatic heterocycles. The van der Waals surface area contributed by atoms with Crippen molar-refractivity contribution in [2.75, 3.05) is 39.3 Å². The van der Waals surface area contributed by atoms with E-state index < -0.39 is 0 Å². The Hall–Kier alpha value is -1.56. The first-order valence-electron chi connectivity index (χ1n) is 8.98. The molecule has 0 bridgehead atoms. The lowest BCUT2D eigenvalue weighted by atomic mass is 10.2. The number of nitrogens with one attached hydrogen (secondary N) is 1. The van der Waals surface area contributed by atoms with Gasteiger partial charge in [0.25, 0.3) is 0 Å². The maximum Gasteiger partial charge on any atom is 0.194 e. The molecule has 6 heteroatoms. The smallest absolute Gasteiger partial charge is 0.194 e. The lowest BCUT2D eigenvalue weighted by Crippen LogP contribution is -2.52. The average molecular weight is 321 g/mol. The zero-order valence-corrected chi connectivity index (χ0v) is 14.6. The summed E-state index contributed by atoms with van der Waals surface area (Å²) in [6.45, 7) is 11.2. The zero-order valence-electron chi connectivity index (χ0n) is 14.6. The van der Waals surface area contributed by atoms with Crippen LogP contribution in [0.15, 0.2) is 21.8 Å². The summed E-state index contributed by atoms with van der Waals surface area (Å²) in [5, 5.41) is 7.43. The number of aromatic nitrogens is 1. The first kappa shape index (κ1) is 17.8. The maximum atomic E-state index is 4.90. The molecule has 6 nitrogen and oxygen atoms in total. The Morgan fingerprint density at radius 3 is 2.70 bits per heavy atom. The van der Waals surface area contributed by atoms with Crippen LogP contribution in [0, 0.1) is 0 Å². The molecule has 0 atom stereocenters. The standard InChI is InChI=1S/C17H31N5O/c1-3-5-6-7-9-19-17(18-4-2)22-12-10-21(11-13-22)15-16-8-14-23-20-16/h8,14H,3-7,9-13,15H2,1-2H3,(H,18,19). The predicted molar refractivity (Wildman–Crippen MR) is 93.5 cm³/mol. The van der Waals surface area contributed by atoms with E-state index in [1.54, 1.807) is 6.26 Å². The minimum atomic E-state index is 0.870. The van der Waals surface area contributed by atoms with Crippen LogP contribution in [0.3, 0.4) is 0 Å². The molecule has 0 radical (unpaired) electrons. The summed E-state index contributed by atoms with van der Waals surface area (Å²) >= 11 is 0. The van der Waals surface area contributed by atoms with Crippen LogP contribution < -0.4 is 5.32 Å². The van der Waals surface area contributed by atoms with Crippen LogP contribution in [0.2, 0.25) is 0 Å². The Morgan fingerprint density at radius 2 is 2.04 bits per heavy atom. The summed E-state index contributed by atoms with van der Waals surface area (Å²) < 4.78 is 4.90. The molecule has 1 saturated heterocycles. The Balaban J connectivity index is 1.76. The van der Waals surface area contributed by atoms with Gasteiger partial charge in [0.15, 0.2) is 5.96 Å². The van der Waals surface area contributed by atoms with Crippen molar-refractivity contribution < 1.29 is 4.52 Å². The SMILES string of the molecule is CCCCCCN=C(NCC)N1CCN(Cc2ccon2)CC1. The van der Waals surface area contributed by atoms with Crippen molar-refractivity contribution in [1.82, 2.24) is 20.3 Å². The second-order valence-electron chi connectivity index (χ2n) is 6.05.